The average Bonchev–Trinajstić information content (AvgIpc) is 2.88. The second-order valence-electron chi connectivity index (χ2n) is 8.71. The number of carbonyl (C=O) groups is 3. The van der Waals surface area contributed by atoms with Crippen LogP contribution in [0, 0.1) is 5.82 Å². The summed E-state index contributed by atoms with van der Waals surface area (Å²) >= 11 is 12.7. The summed E-state index contributed by atoms with van der Waals surface area (Å²) in [4.78, 5) is 43.9. The van der Waals surface area contributed by atoms with Crippen LogP contribution in [-0.4, -0.2) is 79.0 Å². The third kappa shape index (κ3) is 5.58. The Bertz CT molecular complexity index is 1250. The average molecular weight is 549 g/mol. The van der Waals surface area contributed by atoms with Crippen molar-refractivity contribution in [2.75, 3.05) is 46.4 Å². The lowest BCUT2D eigenvalue weighted by molar-refractivity contribution is -0.139. The monoisotopic (exact) mass is 548 g/mol. The van der Waals surface area contributed by atoms with Crippen molar-refractivity contribution in [1.82, 2.24) is 20.0 Å². The third-order valence-corrected chi connectivity index (χ3v) is 7.34. The van der Waals surface area contributed by atoms with E-state index in [1.807, 2.05) is 4.90 Å². The zero-order valence-corrected chi connectivity index (χ0v) is 22.0. The molecular formula is C26H27Cl2FN4O4. The van der Waals surface area contributed by atoms with Crippen molar-refractivity contribution in [3.63, 3.8) is 0 Å². The first-order chi connectivity index (χ1) is 17.7. The van der Waals surface area contributed by atoms with Crippen LogP contribution in [0.15, 0.2) is 53.7 Å². The Labute approximate surface area is 224 Å². The number of nitrogens with zero attached hydrogens (tertiary/aromatic N) is 3. The van der Waals surface area contributed by atoms with Crippen molar-refractivity contribution in [2.24, 2.45) is 0 Å². The van der Waals surface area contributed by atoms with Gasteiger partial charge in [0.2, 0.25) is 0 Å². The summed E-state index contributed by atoms with van der Waals surface area (Å²) in [5, 5.41) is 3.37. The zero-order valence-electron chi connectivity index (χ0n) is 20.5. The molecular weight excluding hydrogens is 522 g/mol. The number of carbonyl (C=O) groups excluding carboxylic acids is 3. The molecule has 2 aliphatic heterocycles. The predicted molar refractivity (Wildman–Crippen MR) is 138 cm³/mol. The van der Waals surface area contributed by atoms with Gasteiger partial charge in [-0.05, 0) is 30.7 Å². The summed E-state index contributed by atoms with van der Waals surface area (Å²) in [6.07, 6.45) is 0. The first-order valence-electron chi connectivity index (χ1n) is 11.9. The lowest BCUT2D eigenvalue weighted by atomic mass is 9.94. The van der Waals surface area contributed by atoms with E-state index in [0.29, 0.717) is 42.5 Å². The number of urea groups is 1. The summed E-state index contributed by atoms with van der Waals surface area (Å²) in [5.74, 6) is -1.49. The summed E-state index contributed by atoms with van der Waals surface area (Å²) in [7, 11) is 1.58. The van der Waals surface area contributed by atoms with E-state index in [0.717, 1.165) is 0 Å². The number of hydrogen-bond donors (Lipinski definition) is 1. The molecule has 4 rings (SSSR count). The lowest BCUT2D eigenvalue weighted by Gasteiger charge is -2.39. The van der Waals surface area contributed by atoms with Gasteiger partial charge in [0.25, 0.3) is 5.91 Å². The molecule has 0 radical (unpaired) electrons. The minimum absolute atomic E-state index is 0.0354. The number of amides is 3. The summed E-state index contributed by atoms with van der Waals surface area (Å²) in [6.45, 7) is 3.80. The summed E-state index contributed by atoms with van der Waals surface area (Å²) in [5.41, 5.74) is 1.25. The molecule has 1 N–H and O–H groups in total. The van der Waals surface area contributed by atoms with Gasteiger partial charge in [0.1, 0.15) is 5.82 Å². The number of ether oxygens (including phenoxy) is 1. The predicted octanol–water partition coefficient (Wildman–Crippen LogP) is 4.10. The normalized spacial score (nSPS) is 18.6. The Morgan fingerprint density at radius 2 is 1.78 bits per heavy atom. The van der Waals surface area contributed by atoms with Gasteiger partial charge in [-0.15, -0.1) is 0 Å². The molecule has 8 nitrogen and oxygen atoms in total. The summed E-state index contributed by atoms with van der Waals surface area (Å²) < 4.78 is 19.5. The number of nitrogens with one attached hydrogen (secondary N) is 1. The van der Waals surface area contributed by atoms with Crippen LogP contribution in [0.2, 0.25) is 10.0 Å². The number of halogens is 3. The molecule has 196 valence electrons. The Kier molecular flexibility index (Phi) is 8.36. The van der Waals surface area contributed by atoms with Crippen molar-refractivity contribution < 1.29 is 23.5 Å². The van der Waals surface area contributed by atoms with E-state index >= 15 is 0 Å². The Balaban J connectivity index is 1.60. The van der Waals surface area contributed by atoms with Gasteiger partial charge in [-0.1, -0.05) is 47.5 Å². The smallest absolute Gasteiger partial charge is 0.338 e. The highest BCUT2D eigenvalue weighted by atomic mass is 35.5. The van der Waals surface area contributed by atoms with Gasteiger partial charge in [0.15, 0.2) is 0 Å². The maximum Gasteiger partial charge on any atom is 0.338 e. The van der Waals surface area contributed by atoms with Crippen LogP contribution in [-0.2, 0) is 9.53 Å². The zero-order chi connectivity index (χ0) is 26.7. The topological polar surface area (TPSA) is 82.2 Å². The molecule has 3 amide bonds. The molecule has 2 aromatic rings. The molecule has 2 heterocycles. The van der Waals surface area contributed by atoms with Crippen LogP contribution >= 0.6 is 23.2 Å². The van der Waals surface area contributed by atoms with E-state index in [1.165, 1.54) is 17.0 Å². The van der Waals surface area contributed by atoms with E-state index in [4.69, 9.17) is 27.9 Å². The largest absolute Gasteiger partial charge is 0.463 e. The van der Waals surface area contributed by atoms with Crippen molar-refractivity contribution in [3.05, 3.63) is 80.7 Å². The fraction of sp³-hybridized carbons (Fsp3) is 0.346. The number of esters is 1. The van der Waals surface area contributed by atoms with Gasteiger partial charge in [0, 0.05) is 45.5 Å². The molecule has 1 atom stereocenters. The van der Waals surface area contributed by atoms with Crippen LogP contribution < -0.4 is 5.32 Å². The van der Waals surface area contributed by atoms with E-state index < -0.39 is 23.9 Å². The van der Waals surface area contributed by atoms with Gasteiger partial charge < -0.3 is 15.0 Å². The van der Waals surface area contributed by atoms with E-state index in [1.54, 1.807) is 49.2 Å². The molecule has 0 saturated carbocycles. The number of hydrogen-bond acceptors (Lipinski definition) is 5. The van der Waals surface area contributed by atoms with Gasteiger partial charge in [-0.2, -0.15) is 0 Å². The molecule has 0 spiro atoms. The molecule has 1 saturated heterocycles. The van der Waals surface area contributed by atoms with Crippen LogP contribution in [0.1, 0.15) is 28.9 Å². The van der Waals surface area contributed by atoms with Crippen molar-refractivity contribution >= 4 is 41.1 Å². The Hall–Kier alpha value is -3.14. The van der Waals surface area contributed by atoms with E-state index in [9.17, 15) is 18.8 Å². The number of benzene rings is 2. The van der Waals surface area contributed by atoms with Crippen molar-refractivity contribution in [1.29, 1.82) is 0 Å². The van der Waals surface area contributed by atoms with Crippen molar-refractivity contribution in [3.8, 4) is 0 Å². The highest BCUT2D eigenvalue weighted by Crippen LogP contribution is 2.37. The number of rotatable bonds is 6. The SMILES string of the molecule is CCOC(=O)C1=C(CN2CCN(C(=O)c3ccccc3F)CC2)N(C)C(=O)NC1c1cccc(Cl)c1Cl. The summed E-state index contributed by atoms with van der Waals surface area (Å²) in [6, 6.07) is 9.67. The second-order valence-corrected chi connectivity index (χ2v) is 9.50. The van der Waals surface area contributed by atoms with Gasteiger partial charge in [-0.25, -0.2) is 14.0 Å². The fourth-order valence-electron chi connectivity index (χ4n) is 4.50. The molecule has 2 aromatic carbocycles. The minimum Gasteiger partial charge on any atom is -0.463 e. The maximum atomic E-state index is 14.1. The minimum atomic E-state index is -0.854. The molecule has 11 heteroatoms. The van der Waals surface area contributed by atoms with E-state index in [2.05, 4.69) is 5.32 Å². The van der Waals surface area contributed by atoms with Gasteiger partial charge in [0.05, 0.1) is 33.8 Å². The fourth-order valence-corrected chi connectivity index (χ4v) is 4.92. The highest BCUT2D eigenvalue weighted by molar-refractivity contribution is 6.42. The van der Waals surface area contributed by atoms with E-state index in [-0.39, 0.29) is 35.2 Å². The Morgan fingerprint density at radius 1 is 1.08 bits per heavy atom. The van der Waals surface area contributed by atoms with Gasteiger partial charge >= 0.3 is 12.0 Å². The molecule has 0 aliphatic carbocycles. The molecule has 1 fully saturated rings. The van der Waals surface area contributed by atoms with Crippen LogP contribution in [0.4, 0.5) is 9.18 Å². The standard InChI is InChI=1S/C26H27Cl2FN4O4/c1-3-37-25(35)21-20(31(2)26(36)30-23(21)17-8-6-9-18(27)22(17)28)15-32-11-13-33(14-12-32)24(34)16-7-4-5-10-19(16)29/h4-10,23H,3,11-15H2,1-2H3,(H,30,36). The molecule has 0 aromatic heterocycles. The molecule has 2 aliphatic rings. The van der Waals surface area contributed by atoms with Crippen LogP contribution in [0.25, 0.3) is 0 Å². The molecule has 0 bridgehead atoms. The molecule has 37 heavy (non-hydrogen) atoms. The molecule has 1 unspecified atom stereocenters. The van der Waals surface area contributed by atoms with Crippen LogP contribution in [0.3, 0.4) is 0 Å². The number of piperazine rings is 1. The highest BCUT2D eigenvalue weighted by Gasteiger charge is 2.39. The maximum absolute atomic E-state index is 14.1. The first-order valence-corrected chi connectivity index (χ1v) is 12.6. The third-order valence-electron chi connectivity index (χ3n) is 6.50. The second kappa shape index (κ2) is 11.5. The quantitative estimate of drug-likeness (QED) is 0.549. The lowest BCUT2D eigenvalue weighted by Crippen LogP contribution is -2.53. The first kappa shape index (κ1) is 26.9. The Morgan fingerprint density at radius 3 is 2.46 bits per heavy atom. The number of likely N-dealkylation sites (N-methyl/N-ethyl adjacent to an activating group) is 1. The van der Waals surface area contributed by atoms with Crippen LogP contribution in [0.5, 0.6) is 0 Å². The van der Waals surface area contributed by atoms with Crippen molar-refractivity contribution in [2.45, 2.75) is 13.0 Å². The van der Waals surface area contributed by atoms with Gasteiger partial charge in [-0.3, -0.25) is 14.6 Å².